The lowest BCUT2D eigenvalue weighted by Gasteiger charge is -2.13. The molecule has 0 saturated heterocycles. The number of aromatic carboxylic acids is 1. The summed E-state index contributed by atoms with van der Waals surface area (Å²) in [4.78, 5) is 11.0. The Labute approximate surface area is 89.7 Å². The molecule has 1 rings (SSSR count). The van der Waals surface area contributed by atoms with Gasteiger partial charge in [0, 0.05) is 0 Å². The Morgan fingerprint density at radius 3 is 2.40 bits per heavy atom. The second-order valence-corrected chi connectivity index (χ2v) is 3.87. The van der Waals surface area contributed by atoms with E-state index in [1.54, 1.807) is 13.2 Å². The first-order valence-electron chi connectivity index (χ1n) is 4.89. The van der Waals surface area contributed by atoms with Crippen LogP contribution in [0.2, 0.25) is 0 Å². The van der Waals surface area contributed by atoms with Gasteiger partial charge in [-0.05, 0) is 36.1 Å². The minimum absolute atomic E-state index is 0.172. The Morgan fingerprint density at radius 2 is 2.00 bits per heavy atom. The Hall–Kier alpha value is -1.51. The predicted molar refractivity (Wildman–Crippen MR) is 58.8 cm³/mol. The van der Waals surface area contributed by atoms with E-state index in [2.05, 4.69) is 0 Å². The molecule has 0 aliphatic rings. The van der Waals surface area contributed by atoms with Crippen LogP contribution in [-0.4, -0.2) is 18.2 Å². The molecule has 0 unspecified atom stereocenters. The highest BCUT2D eigenvalue weighted by atomic mass is 16.5. The summed E-state index contributed by atoms with van der Waals surface area (Å²) in [6, 6.07) is 3.47. The fourth-order valence-electron chi connectivity index (χ4n) is 1.59. The molecule has 0 fully saturated rings. The van der Waals surface area contributed by atoms with Crippen molar-refractivity contribution in [2.45, 2.75) is 26.7 Å². The first-order chi connectivity index (χ1) is 6.97. The van der Waals surface area contributed by atoms with E-state index in [0.29, 0.717) is 5.56 Å². The molecule has 1 N–H and O–H groups in total. The first kappa shape index (κ1) is 11.6. The monoisotopic (exact) mass is 208 g/mol. The molecule has 0 aliphatic carbocycles. The van der Waals surface area contributed by atoms with Crippen LogP contribution in [-0.2, 0) is 0 Å². The Morgan fingerprint density at radius 1 is 1.40 bits per heavy atom. The van der Waals surface area contributed by atoms with Crippen LogP contribution >= 0.6 is 0 Å². The summed E-state index contributed by atoms with van der Waals surface area (Å²) in [7, 11) is 1.59. The number of benzene rings is 1. The lowest BCUT2D eigenvalue weighted by molar-refractivity contribution is 0.0695. The second kappa shape index (κ2) is 4.34. The van der Waals surface area contributed by atoms with Crippen molar-refractivity contribution >= 4 is 5.97 Å². The second-order valence-electron chi connectivity index (χ2n) is 3.87. The summed E-state index contributed by atoms with van der Waals surface area (Å²) in [6.07, 6.45) is 0. The Kier molecular flexibility index (Phi) is 3.35. The Balaban J connectivity index is 3.38. The highest BCUT2D eigenvalue weighted by Gasteiger charge is 2.15. The maximum Gasteiger partial charge on any atom is 0.335 e. The summed E-state index contributed by atoms with van der Waals surface area (Å²) in [5, 5.41) is 9.06. The topological polar surface area (TPSA) is 46.5 Å². The zero-order valence-corrected chi connectivity index (χ0v) is 9.50. The lowest BCUT2D eigenvalue weighted by atomic mass is 9.95. The molecule has 0 bridgehead atoms. The molecule has 1 aromatic carbocycles. The molecule has 0 radical (unpaired) electrons. The fourth-order valence-corrected chi connectivity index (χ4v) is 1.59. The highest BCUT2D eigenvalue weighted by Crippen LogP contribution is 2.28. The maximum atomic E-state index is 11.0. The summed E-state index contributed by atoms with van der Waals surface area (Å²) in [5.41, 5.74) is 2.02. The van der Waals surface area contributed by atoms with Crippen molar-refractivity contribution in [3.8, 4) is 5.75 Å². The van der Waals surface area contributed by atoms with Gasteiger partial charge in [0.15, 0.2) is 0 Å². The Bertz CT molecular complexity index is 381. The van der Waals surface area contributed by atoms with Gasteiger partial charge in [0.1, 0.15) is 5.75 Å². The van der Waals surface area contributed by atoms with E-state index in [0.717, 1.165) is 16.9 Å². The number of ether oxygens (including phenoxy) is 1. The first-order valence-corrected chi connectivity index (χ1v) is 4.89. The van der Waals surface area contributed by atoms with Crippen molar-refractivity contribution in [1.82, 2.24) is 0 Å². The summed E-state index contributed by atoms with van der Waals surface area (Å²) >= 11 is 0. The molecule has 0 saturated carbocycles. The van der Waals surface area contributed by atoms with Gasteiger partial charge in [0.25, 0.3) is 0 Å². The van der Waals surface area contributed by atoms with Crippen LogP contribution in [0.3, 0.4) is 0 Å². The van der Waals surface area contributed by atoms with Crippen LogP contribution < -0.4 is 4.74 Å². The van der Waals surface area contributed by atoms with Gasteiger partial charge in [-0.25, -0.2) is 4.79 Å². The van der Waals surface area contributed by atoms with Gasteiger partial charge in [0.2, 0.25) is 0 Å². The van der Waals surface area contributed by atoms with Crippen molar-refractivity contribution in [2.24, 2.45) is 0 Å². The molecular weight excluding hydrogens is 192 g/mol. The SMILES string of the molecule is COc1cc(C(C)C)c(C(=O)O)cc1C. The third kappa shape index (κ3) is 2.29. The summed E-state index contributed by atoms with van der Waals surface area (Å²) < 4.78 is 5.18. The van der Waals surface area contributed by atoms with Crippen molar-refractivity contribution in [1.29, 1.82) is 0 Å². The number of aryl methyl sites for hydroxylation is 1. The number of carbonyl (C=O) groups is 1. The highest BCUT2D eigenvalue weighted by molar-refractivity contribution is 5.90. The van der Waals surface area contributed by atoms with Gasteiger partial charge >= 0.3 is 5.97 Å². The van der Waals surface area contributed by atoms with E-state index in [9.17, 15) is 4.79 Å². The number of hydrogen-bond acceptors (Lipinski definition) is 2. The number of carboxylic acid groups (broad SMARTS) is 1. The van der Waals surface area contributed by atoms with Crippen LogP contribution in [0.5, 0.6) is 5.75 Å². The van der Waals surface area contributed by atoms with Crippen LogP contribution in [0.4, 0.5) is 0 Å². The molecule has 0 aliphatic heterocycles. The minimum atomic E-state index is -0.885. The summed E-state index contributed by atoms with van der Waals surface area (Å²) in [5.74, 6) is 0.0266. The molecule has 0 heterocycles. The van der Waals surface area contributed by atoms with Crippen LogP contribution in [0.25, 0.3) is 0 Å². The standard InChI is InChI=1S/C12H16O3/c1-7(2)9-6-11(15-4)8(3)5-10(9)12(13)14/h5-7H,1-4H3,(H,13,14). The van der Waals surface area contributed by atoms with Gasteiger partial charge < -0.3 is 9.84 Å². The normalized spacial score (nSPS) is 10.5. The molecular formula is C12H16O3. The quantitative estimate of drug-likeness (QED) is 0.830. The number of rotatable bonds is 3. The van der Waals surface area contributed by atoms with Crippen molar-refractivity contribution < 1.29 is 14.6 Å². The molecule has 0 spiro atoms. The van der Waals surface area contributed by atoms with Crippen molar-refractivity contribution in [3.05, 3.63) is 28.8 Å². The average Bonchev–Trinajstić information content (AvgIpc) is 2.16. The zero-order valence-electron chi connectivity index (χ0n) is 9.50. The molecule has 82 valence electrons. The van der Waals surface area contributed by atoms with Crippen molar-refractivity contribution in [3.63, 3.8) is 0 Å². The van der Waals surface area contributed by atoms with Gasteiger partial charge in [-0.2, -0.15) is 0 Å². The average molecular weight is 208 g/mol. The molecule has 15 heavy (non-hydrogen) atoms. The fraction of sp³-hybridized carbons (Fsp3) is 0.417. The van der Waals surface area contributed by atoms with E-state index in [-0.39, 0.29) is 5.92 Å². The molecule has 0 atom stereocenters. The number of hydrogen-bond donors (Lipinski definition) is 1. The predicted octanol–water partition coefficient (Wildman–Crippen LogP) is 2.83. The molecule has 1 aromatic rings. The largest absolute Gasteiger partial charge is 0.496 e. The smallest absolute Gasteiger partial charge is 0.335 e. The zero-order chi connectivity index (χ0) is 11.6. The van der Waals surface area contributed by atoms with Crippen LogP contribution in [0.15, 0.2) is 12.1 Å². The molecule has 0 aromatic heterocycles. The van der Waals surface area contributed by atoms with E-state index < -0.39 is 5.97 Å². The van der Waals surface area contributed by atoms with Gasteiger partial charge in [-0.15, -0.1) is 0 Å². The third-order valence-corrected chi connectivity index (χ3v) is 2.42. The molecule has 0 amide bonds. The van der Waals surface area contributed by atoms with Crippen LogP contribution in [0.1, 0.15) is 41.3 Å². The van der Waals surface area contributed by atoms with Gasteiger partial charge in [-0.3, -0.25) is 0 Å². The number of methoxy groups -OCH3 is 1. The van der Waals surface area contributed by atoms with E-state index in [1.807, 2.05) is 26.8 Å². The third-order valence-electron chi connectivity index (χ3n) is 2.42. The number of carboxylic acids is 1. The lowest BCUT2D eigenvalue weighted by Crippen LogP contribution is -2.05. The van der Waals surface area contributed by atoms with Gasteiger partial charge in [0.05, 0.1) is 12.7 Å². The van der Waals surface area contributed by atoms with E-state index in [1.165, 1.54) is 0 Å². The van der Waals surface area contributed by atoms with E-state index >= 15 is 0 Å². The van der Waals surface area contributed by atoms with Crippen LogP contribution in [0, 0.1) is 6.92 Å². The summed E-state index contributed by atoms with van der Waals surface area (Å²) in [6.45, 7) is 5.78. The minimum Gasteiger partial charge on any atom is -0.496 e. The van der Waals surface area contributed by atoms with Crippen molar-refractivity contribution in [2.75, 3.05) is 7.11 Å². The van der Waals surface area contributed by atoms with E-state index in [4.69, 9.17) is 9.84 Å². The molecule has 3 nitrogen and oxygen atoms in total. The molecule has 3 heteroatoms. The van der Waals surface area contributed by atoms with Gasteiger partial charge in [-0.1, -0.05) is 13.8 Å². The maximum absolute atomic E-state index is 11.0.